The Hall–Kier alpha value is -1.44. The van der Waals surface area contributed by atoms with Crippen LogP contribution < -0.4 is 0 Å². The van der Waals surface area contributed by atoms with Gasteiger partial charge in [-0.2, -0.15) is 0 Å². The molecule has 0 spiro atoms. The number of fused-ring (bicyclic) bond motifs is 1. The summed E-state index contributed by atoms with van der Waals surface area (Å²) in [5, 5.41) is 8.99. The summed E-state index contributed by atoms with van der Waals surface area (Å²) in [5.41, 5.74) is 3.05. The molecule has 0 radical (unpaired) electrons. The highest BCUT2D eigenvalue weighted by Crippen LogP contribution is 2.44. The molecule has 4 rings (SSSR count). The van der Waals surface area contributed by atoms with Gasteiger partial charge in [-0.1, -0.05) is 36.4 Å². The zero-order valence-corrected chi connectivity index (χ0v) is 16.8. The van der Waals surface area contributed by atoms with Crippen LogP contribution in [0.5, 0.6) is 0 Å². The monoisotopic (exact) mass is 510 g/mol. The summed E-state index contributed by atoms with van der Waals surface area (Å²) in [6.07, 6.45) is 0. The molecule has 0 saturated heterocycles. The van der Waals surface area contributed by atoms with Crippen LogP contribution in [0.15, 0.2) is 63.4 Å². The third-order valence-corrected chi connectivity index (χ3v) is 4.52. The van der Waals surface area contributed by atoms with E-state index in [1.807, 2.05) is 36.4 Å². The highest BCUT2D eigenvalue weighted by molar-refractivity contribution is 9.38. The first kappa shape index (κ1) is 16.1. The molecule has 0 aliphatic rings. The first-order chi connectivity index (χ1) is 11.5. The molecule has 2 aromatic carbocycles. The van der Waals surface area contributed by atoms with Gasteiger partial charge < -0.3 is 8.83 Å². The highest BCUT2D eigenvalue weighted by Gasteiger charge is 2.29. The number of furan rings is 1. The summed E-state index contributed by atoms with van der Waals surface area (Å²) < 4.78 is 10.7. The van der Waals surface area contributed by atoms with Crippen molar-refractivity contribution in [2.24, 2.45) is 0 Å². The molecule has 4 aromatic rings. The van der Waals surface area contributed by atoms with Crippen molar-refractivity contribution in [1.82, 2.24) is 10.2 Å². The smallest absolute Gasteiger partial charge is 0.283 e. The van der Waals surface area contributed by atoms with Gasteiger partial charge >= 0.3 is 0 Å². The molecule has 4 nitrogen and oxygen atoms in total. The van der Waals surface area contributed by atoms with Gasteiger partial charge in [0.15, 0.2) is 5.76 Å². The number of hydrogen-bond donors (Lipinski definition) is 0. The minimum atomic E-state index is -0.745. The van der Waals surface area contributed by atoms with Crippen LogP contribution in [0.2, 0.25) is 0 Å². The van der Waals surface area contributed by atoms with E-state index in [1.54, 1.807) is 0 Å². The molecule has 0 saturated carbocycles. The third kappa shape index (κ3) is 3.08. The zero-order chi connectivity index (χ0) is 16.7. The predicted molar refractivity (Wildman–Crippen MR) is 103 cm³/mol. The Morgan fingerprint density at radius 2 is 1.58 bits per heavy atom. The van der Waals surface area contributed by atoms with Gasteiger partial charge in [-0.15, -0.1) is 10.2 Å². The second-order valence-electron chi connectivity index (χ2n) is 5.14. The Morgan fingerprint density at radius 1 is 0.792 bits per heavy atom. The molecule has 0 aliphatic heterocycles. The molecule has 0 unspecified atom stereocenters. The van der Waals surface area contributed by atoms with E-state index in [0.717, 1.165) is 22.1 Å². The van der Waals surface area contributed by atoms with Crippen molar-refractivity contribution < 1.29 is 8.83 Å². The number of aromatic nitrogens is 2. The van der Waals surface area contributed by atoms with Crippen LogP contribution in [0.25, 0.3) is 33.7 Å². The van der Waals surface area contributed by atoms with Crippen LogP contribution in [0.4, 0.5) is 0 Å². The van der Waals surface area contributed by atoms with E-state index in [2.05, 4.69) is 76.2 Å². The van der Waals surface area contributed by atoms with Gasteiger partial charge in [-0.25, -0.2) is 0 Å². The van der Waals surface area contributed by atoms with Crippen molar-refractivity contribution in [3.8, 4) is 22.8 Å². The number of halogens is 3. The van der Waals surface area contributed by atoms with Gasteiger partial charge in [0.1, 0.15) is 5.58 Å². The molecule has 7 heteroatoms. The van der Waals surface area contributed by atoms with Crippen LogP contribution in [0.3, 0.4) is 0 Å². The maximum atomic E-state index is 5.83. The van der Waals surface area contributed by atoms with E-state index in [-0.39, 0.29) is 0 Å². The average molecular weight is 513 g/mol. The number of benzene rings is 2. The number of nitrogens with zero attached hydrogens (tertiary/aromatic N) is 2. The molecule has 0 N–H and O–H groups in total. The summed E-state index contributed by atoms with van der Waals surface area (Å²) in [4.78, 5) is 0. The molecule has 0 atom stereocenters. The van der Waals surface area contributed by atoms with E-state index in [4.69, 9.17) is 8.83 Å². The maximum absolute atomic E-state index is 5.83. The maximum Gasteiger partial charge on any atom is 0.283 e. The molecule has 24 heavy (non-hydrogen) atoms. The molecule has 0 bridgehead atoms. The lowest BCUT2D eigenvalue weighted by Crippen LogP contribution is -1.97. The quantitative estimate of drug-likeness (QED) is 0.290. The summed E-state index contributed by atoms with van der Waals surface area (Å²) in [6.45, 7) is 0. The van der Waals surface area contributed by atoms with Crippen LogP contribution in [-0.4, -0.2) is 10.2 Å². The van der Waals surface area contributed by atoms with Gasteiger partial charge in [0.25, 0.3) is 11.8 Å². The van der Waals surface area contributed by atoms with Crippen molar-refractivity contribution in [1.29, 1.82) is 0 Å². The van der Waals surface area contributed by atoms with E-state index < -0.39 is 2.14 Å². The van der Waals surface area contributed by atoms with Crippen molar-refractivity contribution in [2.45, 2.75) is 2.14 Å². The van der Waals surface area contributed by atoms with Crippen LogP contribution in [0.1, 0.15) is 5.89 Å². The van der Waals surface area contributed by atoms with E-state index in [9.17, 15) is 0 Å². The van der Waals surface area contributed by atoms with Gasteiger partial charge in [0, 0.05) is 5.39 Å². The molecular formula is C17H9Br3N2O2. The van der Waals surface area contributed by atoms with Gasteiger partial charge in [0.05, 0.1) is 0 Å². The fourth-order valence-electron chi connectivity index (χ4n) is 2.40. The van der Waals surface area contributed by atoms with E-state index >= 15 is 0 Å². The Kier molecular flexibility index (Phi) is 4.10. The molecule has 0 fully saturated rings. The third-order valence-electron chi connectivity index (χ3n) is 3.50. The molecule has 2 aromatic heterocycles. The Bertz CT molecular complexity index is 1000. The van der Waals surface area contributed by atoms with E-state index in [0.29, 0.717) is 17.5 Å². The summed E-state index contributed by atoms with van der Waals surface area (Å²) >= 11 is 10.0. The van der Waals surface area contributed by atoms with Gasteiger partial charge in [-0.3, -0.25) is 0 Å². The lowest BCUT2D eigenvalue weighted by Gasteiger charge is -2.03. The minimum absolute atomic E-state index is 0.324. The van der Waals surface area contributed by atoms with Crippen molar-refractivity contribution >= 4 is 58.8 Å². The lowest BCUT2D eigenvalue weighted by molar-refractivity contribution is 0.501. The second kappa shape index (κ2) is 6.13. The lowest BCUT2D eigenvalue weighted by atomic mass is 10.0. The number of rotatable bonds is 2. The standard InChI is InChI=1S/C17H9Br3N2O2/c18-17(19,20)16-22-21-15(24-16)14-9-12-8-11(6-7-13(12)23-14)10-4-2-1-3-5-10/h1-9H. The van der Waals surface area contributed by atoms with Crippen LogP contribution >= 0.6 is 47.8 Å². The Morgan fingerprint density at radius 3 is 2.29 bits per heavy atom. The largest absolute Gasteiger partial charge is 0.451 e. The van der Waals surface area contributed by atoms with E-state index in [1.165, 1.54) is 0 Å². The SMILES string of the molecule is BrC(Br)(Br)c1nnc(-c2cc3cc(-c4ccccc4)ccc3o2)o1. The summed E-state index contributed by atoms with van der Waals surface area (Å²) in [6, 6.07) is 18.2. The van der Waals surface area contributed by atoms with Gasteiger partial charge in [0.2, 0.25) is 2.14 Å². The molecule has 120 valence electrons. The minimum Gasteiger partial charge on any atom is -0.451 e. The van der Waals surface area contributed by atoms with Crippen LogP contribution in [0, 0.1) is 0 Å². The first-order valence-corrected chi connectivity index (χ1v) is 9.39. The van der Waals surface area contributed by atoms with Crippen molar-refractivity contribution in [2.75, 3.05) is 0 Å². The molecule has 2 heterocycles. The molecule has 0 amide bonds. The zero-order valence-electron chi connectivity index (χ0n) is 12.0. The summed E-state index contributed by atoms with van der Waals surface area (Å²) in [7, 11) is 0. The summed E-state index contributed by atoms with van der Waals surface area (Å²) in [5.74, 6) is 1.21. The molecule has 0 aliphatic carbocycles. The fraction of sp³-hybridized carbons (Fsp3) is 0.0588. The van der Waals surface area contributed by atoms with Gasteiger partial charge in [-0.05, 0) is 77.1 Å². The first-order valence-electron chi connectivity index (χ1n) is 7.01. The Balaban J connectivity index is 1.75. The number of hydrogen-bond acceptors (Lipinski definition) is 4. The number of alkyl halides is 3. The normalized spacial score (nSPS) is 12.0. The van der Waals surface area contributed by atoms with Crippen molar-refractivity contribution in [3.63, 3.8) is 0 Å². The molecular weight excluding hydrogens is 504 g/mol. The Labute approximate surface area is 162 Å². The average Bonchev–Trinajstić information content (AvgIpc) is 3.21. The van der Waals surface area contributed by atoms with Crippen molar-refractivity contribution in [3.05, 3.63) is 60.5 Å². The highest BCUT2D eigenvalue weighted by atomic mass is 80.0. The topological polar surface area (TPSA) is 52.1 Å². The predicted octanol–water partition coefficient (Wildman–Crippen LogP) is 6.44. The van der Waals surface area contributed by atoms with Crippen LogP contribution in [-0.2, 0) is 2.14 Å². The second-order valence-corrected chi connectivity index (χ2v) is 11.9. The fourth-order valence-corrected chi connectivity index (χ4v) is 2.88.